The molecule has 14 heteroatoms. The van der Waals surface area contributed by atoms with Crippen molar-refractivity contribution < 1.29 is 46.5 Å². The van der Waals surface area contributed by atoms with Gasteiger partial charge in [0.2, 0.25) is 12.3 Å². The van der Waals surface area contributed by atoms with Crippen molar-refractivity contribution in [3.63, 3.8) is 0 Å². The highest BCUT2D eigenvalue weighted by molar-refractivity contribution is 6.30. The lowest BCUT2D eigenvalue weighted by atomic mass is 9.67. The number of aromatic nitrogens is 1. The highest BCUT2D eigenvalue weighted by Gasteiger charge is 2.53. The van der Waals surface area contributed by atoms with E-state index in [1.165, 1.54) is 11.1 Å². The van der Waals surface area contributed by atoms with E-state index in [9.17, 15) is 36.6 Å². The number of hydrogen-bond donors (Lipinski definition) is 2. The highest BCUT2D eigenvalue weighted by atomic mass is 35.5. The van der Waals surface area contributed by atoms with Gasteiger partial charge in [-0.1, -0.05) is 60.5 Å². The smallest absolute Gasteiger partial charge is 0.481 e. The first-order valence-corrected chi connectivity index (χ1v) is 13.8. The van der Waals surface area contributed by atoms with Crippen LogP contribution < -0.4 is 0 Å². The molecule has 3 aromatic rings. The van der Waals surface area contributed by atoms with Crippen LogP contribution in [0.25, 0.3) is 0 Å². The van der Waals surface area contributed by atoms with Crippen LogP contribution in [-0.2, 0) is 14.4 Å². The molecule has 44 heavy (non-hydrogen) atoms. The number of carbonyl (C=O) groups is 3. The number of carbonyl (C=O) groups excluding carboxylic acids is 1. The molecule has 0 radical (unpaired) electrons. The van der Waals surface area contributed by atoms with Crippen LogP contribution in [0.5, 0.6) is 0 Å². The van der Waals surface area contributed by atoms with Crippen molar-refractivity contribution in [1.82, 2.24) is 9.88 Å². The van der Waals surface area contributed by atoms with Crippen LogP contribution in [0.1, 0.15) is 61.0 Å². The zero-order valence-electron chi connectivity index (χ0n) is 23.0. The molecule has 2 N–H and O–H groups in total. The van der Waals surface area contributed by atoms with Crippen molar-refractivity contribution in [2.24, 2.45) is 5.41 Å². The maximum Gasteiger partial charge on any atom is 0.490 e. The lowest BCUT2D eigenvalue weighted by molar-refractivity contribution is -0.192. The second-order valence-corrected chi connectivity index (χ2v) is 11.3. The summed E-state index contributed by atoms with van der Waals surface area (Å²) < 4.78 is 59.8. The number of pyridine rings is 1. The minimum atomic E-state index is -5.08. The predicted octanol–water partition coefficient (Wildman–Crippen LogP) is 7.96. The maximum absolute atomic E-state index is 14.2. The Hall–Kier alpha value is -3.77. The average Bonchev–Trinajstić information content (AvgIpc) is 2.93. The molecule has 0 aliphatic carbocycles. The van der Waals surface area contributed by atoms with Gasteiger partial charge < -0.3 is 15.1 Å². The van der Waals surface area contributed by atoms with Gasteiger partial charge in [-0.2, -0.15) is 13.2 Å². The molecule has 2 aromatic carbocycles. The molecular formula is C30H27Cl2F5N2O5. The second-order valence-electron chi connectivity index (χ2n) is 10.4. The van der Waals surface area contributed by atoms with Crippen LogP contribution in [0.3, 0.4) is 0 Å². The van der Waals surface area contributed by atoms with Crippen LogP contribution in [0.2, 0.25) is 10.0 Å². The SMILES string of the molecule is C[C@]1(CC(=O)O)C[C@H](c2cccc(Cl)c2)[C@@H](c2ccc(Cl)cc2)N([C@@H](CC(F)F)c2ccccn2)C1=O.O=C(O)C(F)(F)F. The Morgan fingerprint density at radius 2 is 1.64 bits per heavy atom. The minimum Gasteiger partial charge on any atom is -0.481 e. The van der Waals surface area contributed by atoms with E-state index in [2.05, 4.69) is 4.98 Å². The van der Waals surface area contributed by atoms with Crippen molar-refractivity contribution >= 4 is 41.0 Å². The number of piperidine rings is 1. The maximum atomic E-state index is 14.2. The third kappa shape index (κ3) is 8.66. The number of likely N-dealkylation sites (tertiary alicyclic amines) is 1. The largest absolute Gasteiger partial charge is 0.490 e. The Morgan fingerprint density at radius 1 is 1.00 bits per heavy atom. The molecule has 236 valence electrons. The van der Waals surface area contributed by atoms with Crippen molar-refractivity contribution in [3.05, 3.63) is 99.8 Å². The monoisotopic (exact) mass is 660 g/mol. The van der Waals surface area contributed by atoms with Crippen molar-refractivity contribution in [2.75, 3.05) is 0 Å². The van der Waals surface area contributed by atoms with E-state index in [1.54, 1.807) is 67.6 Å². The van der Waals surface area contributed by atoms with E-state index in [0.29, 0.717) is 21.3 Å². The summed E-state index contributed by atoms with van der Waals surface area (Å²) in [5.74, 6) is -4.85. The van der Waals surface area contributed by atoms with E-state index in [0.717, 1.165) is 5.56 Å². The molecule has 4 atom stereocenters. The quantitative estimate of drug-likeness (QED) is 0.237. The fourth-order valence-corrected chi connectivity index (χ4v) is 5.67. The summed E-state index contributed by atoms with van der Waals surface area (Å²) >= 11 is 12.5. The van der Waals surface area contributed by atoms with Crippen LogP contribution in [0.4, 0.5) is 22.0 Å². The Labute approximate surface area is 259 Å². The van der Waals surface area contributed by atoms with Crippen molar-refractivity contribution in [1.29, 1.82) is 0 Å². The summed E-state index contributed by atoms with van der Waals surface area (Å²) in [6.45, 7) is 1.59. The third-order valence-electron chi connectivity index (χ3n) is 7.14. The Bertz CT molecular complexity index is 1460. The second kappa shape index (κ2) is 14.3. The Balaban J connectivity index is 0.000000676. The number of carboxylic acid groups (broad SMARTS) is 2. The zero-order valence-corrected chi connectivity index (χ0v) is 24.5. The lowest BCUT2D eigenvalue weighted by Crippen LogP contribution is -2.54. The summed E-state index contributed by atoms with van der Waals surface area (Å²) in [6.07, 6.45) is -7.24. The normalized spacial score (nSPS) is 20.9. The number of nitrogens with zero attached hydrogens (tertiary/aromatic N) is 2. The van der Waals surface area contributed by atoms with Crippen LogP contribution in [0, 0.1) is 5.41 Å². The molecule has 1 aliphatic heterocycles. The van der Waals surface area contributed by atoms with Gasteiger partial charge in [0.05, 0.1) is 29.6 Å². The van der Waals surface area contributed by atoms with E-state index < -0.39 is 66.7 Å². The van der Waals surface area contributed by atoms with E-state index in [4.69, 9.17) is 33.1 Å². The number of halogens is 7. The highest BCUT2D eigenvalue weighted by Crippen LogP contribution is 2.54. The molecule has 0 unspecified atom stereocenters. The fourth-order valence-electron chi connectivity index (χ4n) is 5.34. The van der Waals surface area contributed by atoms with Crippen LogP contribution in [-0.4, -0.2) is 50.5 Å². The number of aliphatic carboxylic acids is 2. The van der Waals surface area contributed by atoms with Gasteiger partial charge >= 0.3 is 18.1 Å². The molecule has 0 bridgehead atoms. The minimum absolute atomic E-state index is 0.186. The molecule has 1 fully saturated rings. The summed E-state index contributed by atoms with van der Waals surface area (Å²) in [6, 6.07) is 17.2. The zero-order chi connectivity index (χ0) is 32.8. The molecule has 1 aliphatic rings. The van der Waals surface area contributed by atoms with Gasteiger partial charge in [0, 0.05) is 28.6 Å². The summed E-state index contributed by atoms with van der Waals surface area (Å²) in [7, 11) is 0. The van der Waals surface area contributed by atoms with Gasteiger partial charge in [0.25, 0.3) is 0 Å². The molecular weight excluding hydrogens is 634 g/mol. The van der Waals surface area contributed by atoms with Gasteiger partial charge in [0.15, 0.2) is 0 Å². The first-order chi connectivity index (χ1) is 20.5. The van der Waals surface area contributed by atoms with Crippen molar-refractivity contribution in [2.45, 2.75) is 56.8 Å². The van der Waals surface area contributed by atoms with Gasteiger partial charge in [-0.05, 0) is 53.9 Å². The first-order valence-electron chi connectivity index (χ1n) is 13.1. The molecule has 2 heterocycles. The summed E-state index contributed by atoms with van der Waals surface area (Å²) in [5.41, 5.74) is 0.421. The molecule has 0 spiro atoms. The van der Waals surface area contributed by atoms with Gasteiger partial charge in [-0.15, -0.1) is 0 Å². The Kier molecular flexibility index (Phi) is 11.3. The first kappa shape index (κ1) is 34.7. The number of hydrogen-bond acceptors (Lipinski definition) is 4. The number of benzene rings is 2. The Morgan fingerprint density at radius 3 is 2.14 bits per heavy atom. The number of alkyl halides is 5. The topological polar surface area (TPSA) is 108 Å². The van der Waals surface area contributed by atoms with Gasteiger partial charge in [-0.25, -0.2) is 13.6 Å². The molecule has 1 amide bonds. The van der Waals surface area contributed by atoms with E-state index in [1.807, 2.05) is 6.07 Å². The number of carboxylic acids is 2. The summed E-state index contributed by atoms with van der Waals surface area (Å²) in [4.78, 5) is 40.7. The van der Waals surface area contributed by atoms with E-state index >= 15 is 0 Å². The fraction of sp³-hybridized carbons (Fsp3) is 0.333. The molecule has 4 rings (SSSR count). The number of rotatable bonds is 8. The van der Waals surface area contributed by atoms with E-state index in [-0.39, 0.29) is 6.42 Å². The van der Waals surface area contributed by atoms with Crippen LogP contribution >= 0.6 is 23.2 Å². The van der Waals surface area contributed by atoms with Crippen molar-refractivity contribution in [3.8, 4) is 0 Å². The van der Waals surface area contributed by atoms with Gasteiger partial charge in [-0.3, -0.25) is 14.6 Å². The molecule has 1 aromatic heterocycles. The van der Waals surface area contributed by atoms with Crippen LogP contribution in [0.15, 0.2) is 72.9 Å². The van der Waals surface area contributed by atoms with Gasteiger partial charge in [0.1, 0.15) is 0 Å². The average molecular weight is 661 g/mol. The standard InChI is InChI=1S/C28H26Cl2F2N2O3.C2HF3O2/c1-28(16-25(35)36)15-21(18-5-4-6-20(30)13-18)26(17-8-10-19(29)11-9-17)34(27(28)37)23(14-24(31)32)22-7-2-3-12-33-22;3-2(4,5)1(6)7/h2-13,21,23-24,26H,14-16H2,1H3,(H,35,36);(H,6,7)/t21-,23+,26-,28-;/m1./s1. The summed E-state index contributed by atoms with van der Waals surface area (Å²) in [5, 5.41) is 17.8. The third-order valence-corrected chi connectivity index (χ3v) is 7.63. The number of amides is 1. The lowest BCUT2D eigenvalue weighted by Gasteiger charge is -2.51. The molecule has 1 saturated heterocycles. The molecule has 7 nitrogen and oxygen atoms in total. The molecule has 0 saturated carbocycles. The predicted molar refractivity (Wildman–Crippen MR) is 151 cm³/mol.